The van der Waals surface area contributed by atoms with Gasteiger partial charge < -0.3 is 44.8 Å². The minimum Gasteiger partial charge on any atom is -0.368 e. The highest BCUT2D eigenvalue weighted by molar-refractivity contribution is 9.10. The molecular formula is C65H86BrN15O2. The Kier molecular flexibility index (Phi) is 19.7. The van der Waals surface area contributed by atoms with Crippen molar-refractivity contribution in [2.75, 3.05) is 96.1 Å². The lowest BCUT2D eigenvalue weighted by atomic mass is 9.65. The molecule has 3 saturated heterocycles. The molecule has 6 fully saturated rings. The molecule has 3 aliphatic heterocycles. The molecule has 18 heteroatoms. The number of aromatic nitrogens is 6. The number of anilines is 5. The van der Waals surface area contributed by atoms with Crippen LogP contribution in [-0.4, -0.2) is 153 Å². The first-order chi connectivity index (χ1) is 40.3. The van der Waals surface area contributed by atoms with Crippen molar-refractivity contribution >= 4 is 68.0 Å². The first kappa shape index (κ1) is 59.6. The molecule has 2 aromatic carbocycles. The largest absolute Gasteiger partial charge is 0.368 e. The summed E-state index contributed by atoms with van der Waals surface area (Å²) in [6.07, 6.45) is 27.7. The smallest absolute Gasteiger partial charge is 0.253 e. The van der Waals surface area contributed by atoms with Crippen molar-refractivity contribution in [1.29, 1.82) is 0 Å². The lowest BCUT2D eigenvalue weighted by Crippen LogP contribution is -2.45. The Morgan fingerprint density at radius 1 is 0.566 bits per heavy atom. The minimum atomic E-state index is 0.0656. The molecule has 0 spiro atoms. The quantitative estimate of drug-likeness (QED) is 0.107. The van der Waals surface area contributed by atoms with Gasteiger partial charge in [0.05, 0.1) is 10.2 Å². The normalized spacial score (nSPS) is 19.9. The third-order valence-corrected chi connectivity index (χ3v) is 20.3. The molecule has 0 radical (unpaired) electrons. The summed E-state index contributed by atoms with van der Waals surface area (Å²) in [5, 5.41) is 15.6. The average molecular weight is 1190 g/mol. The Balaban J connectivity index is 0.000000157. The van der Waals surface area contributed by atoms with Crippen LogP contribution in [0.25, 0.3) is 21.0 Å². The maximum Gasteiger partial charge on any atom is 0.253 e. The lowest BCUT2D eigenvalue weighted by Gasteiger charge is -2.43. The van der Waals surface area contributed by atoms with E-state index in [1.165, 1.54) is 83.5 Å². The second-order valence-electron chi connectivity index (χ2n) is 24.8. The molecule has 7 heterocycles. The van der Waals surface area contributed by atoms with Crippen LogP contribution < -0.4 is 15.5 Å². The molecule has 3 saturated carbocycles. The molecule has 2 N–H and O–H groups in total. The summed E-state index contributed by atoms with van der Waals surface area (Å²) >= 11 is 3.47. The second kappa shape index (κ2) is 27.4. The monoisotopic (exact) mass is 1190 g/mol. The van der Waals surface area contributed by atoms with Gasteiger partial charge in [-0.2, -0.15) is 9.97 Å². The molecule has 0 unspecified atom stereocenters. The van der Waals surface area contributed by atoms with Crippen molar-refractivity contribution in [3.8, 4) is 0 Å². The Morgan fingerprint density at radius 2 is 0.988 bits per heavy atom. The van der Waals surface area contributed by atoms with Crippen molar-refractivity contribution in [2.45, 2.75) is 134 Å². The summed E-state index contributed by atoms with van der Waals surface area (Å²) in [5.41, 5.74) is 6.37. The Hall–Kier alpha value is -6.60. The number of benzene rings is 2. The van der Waals surface area contributed by atoms with Gasteiger partial charge in [0.15, 0.2) is 11.3 Å². The predicted molar refractivity (Wildman–Crippen MR) is 335 cm³/mol. The van der Waals surface area contributed by atoms with Crippen LogP contribution in [0.3, 0.4) is 0 Å². The van der Waals surface area contributed by atoms with Crippen LogP contribution in [-0.2, 0) is 0 Å². The number of halogens is 1. The molecule has 4 aromatic heterocycles. The van der Waals surface area contributed by atoms with E-state index in [0.717, 1.165) is 123 Å². The highest BCUT2D eigenvalue weighted by Gasteiger charge is 2.46. The fourth-order valence-electron chi connectivity index (χ4n) is 14.5. The average Bonchev–Trinajstić information content (AvgIpc) is 4.44. The molecule has 0 bridgehead atoms. The highest BCUT2D eigenvalue weighted by Crippen LogP contribution is 2.50. The number of pyridine rings is 2. The van der Waals surface area contributed by atoms with Gasteiger partial charge in [-0.25, -0.2) is 22.2 Å². The molecule has 17 nitrogen and oxygen atoms in total. The predicted octanol–water partition coefficient (Wildman–Crippen LogP) is 12.8. The van der Waals surface area contributed by atoms with E-state index in [1.807, 2.05) is 108 Å². The molecule has 6 aromatic rings. The maximum atomic E-state index is 13.1. The molecule has 2 amide bonds. The number of rotatable bonds is 13. The minimum absolute atomic E-state index is 0.0656. The van der Waals surface area contributed by atoms with Gasteiger partial charge in [-0.1, -0.05) is 44.9 Å². The number of hydrogen-bond donors (Lipinski definition) is 2. The van der Waals surface area contributed by atoms with Crippen molar-refractivity contribution in [1.82, 2.24) is 48.8 Å². The van der Waals surface area contributed by atoms with Gasteiger partial charge in [0.25, 0.3) is 11.8 Å². The number of piperidine rings is 3. The van der Waals surface area contributed by atoms with Gasteiger partial charge in [0.2, 0.25) is 25.0 Å². The van der Waals surface area contributed by atoms with Crippen molar-refractivity contribution in [3.63, 3.8) is 0 Å². The number of nitrogens with zero attached hydrogens (tertiary/aromatic N) is 13. The number of carbonyl (C=O) groups is 2. The Morgan fingerprint density at radius 3 is 1.43 bits per heavy atom. The molecule has 440 valence electrons. The third kappa shape index (κ3) is 14.2. The van der Waals surface area contributed by atoms with Gasteiger partial charge in [-0.05, 0) is 218 Å². The molecule has 6 aliphatic rings. The number of nitrogens with one attached hydrogen (secondary N) is 2. The van der Waals surface area contributed by atoms with Crippen LogP contribution in [0.4, 0.5) is 29.0 Å². The van der Waals surface area contributed by atoms with Crippen molar-refractivity contribution < 1.29 is 9.59 Å². The van der Waals surface area contributed by atoms with Crippen LogP contribution in [0.2, 0.25) is 0 Å². The first-order valence-electron chi connectivity index (χ1n) is 30.8. The number of likely N-dealkylation sites (tertiary alicyclic amines) is 2. The lowest BCUT2D eigenvalue weighted by molar-refractivity contribution is 0.0652. The van der Waals surface area contributed by atoms with E-state index in [-0.39, 0.29) is 17.2 Å². The van der Waals surface area contributed by atoms with Crippen molar-refractivity contribution in [3.05, 3.63) is 124 Å². The zero-order chi connectivity index (χ0) is 57.9. The maximum absolute atomic E-state index is 13.1. The van der Waals surface area contributed by atoms with E-state index >= 15 is 0 Å². The highest BCUT2D eigenvalue weighted by atomic mass is 79.9. The SMILES string of the molecule is CN1CCC(N(C)C(=O)c2ccc(Nc3nc4c(Br)cccn4n3)cc2)CC1.[C-]#[N+]CC1(C2CCCC2)CCCCC1.[C-]#[N+]CC1(C2CCCC2)CCN(c2cccn3nc(Nc4ccc(C(=O)N(C)C5CCN(C)CC5)cc4)nc23)CC1. The molecule has 12 rings (SSSR count). The van der Waals surface area contributed by atoms with E-state index in [0.29, 0.717) is 53.0 Å². The number of amides is 2. The molecule has 3 aliphatic carbocycles. The van der Waals surface area contributed by atoms with Crippen LogP contribution in [0.5, 0.6) is 0 Å². The Bertz CT molecular complexity index is 3180. The van der Waals surface area contributed by atoms with Crippen LogP contribution >= 0.6 is 15.9 Å². The van der Waals surface area contributed by atoms with Gasteiger partial charge >= 0.3 is 0 Å². The van der Waals surface area contributed by atoms with Crippen molar-refractivity contribution in [2.24, 2.45) is 22.7 Å². The van der Waals surface area contributed by atoms with E-state index < -0.39 is 0 Å². The number of carbonyl (C=O) groups excluding carboxylic acids is 2. The van der Waals surface area contributed by atoms with Gasteiger partial charge in [0.1, 0.15) is 0 Å². The van der Waals surface area contributed by atoms with Crippen LogP contribution in [0.1, 0.15) is 143 Å². The zero-order valence-electron chi connectivity index (χ0n) is 49.5. The third-order valence-electron chi connectivity index (χ3n) is 19.7. The van der Waals surface area contributed by atoms with E-state index in [2.05, 4.69) is 86.3 Å². The van der Waals surface area contributed by atoms with Gasteiger partial charge in [0, 0.05) is 85.0 Å². The summed E-state index contributed by atoms with van der Waals surface area (Å²) in [5.74, 6) is 2.78. The first-order valence-corrected chi connectivity index (χ1v) is 31.6. The summed E-state index contributed by atoms with van der Waals surface area (Å²) < 4.78 is 4.43. The zero-order valence-corrected chi connectivity index (χ0v) is 51.1. The number of fused-ring (bicyclic) bond motifs is 2. The van der Waals surface area contributed by atoms with Gasteiger partial charge in [-0.3, -0.25) is 9.59 Å². The summed E-state index contributed by atoms with van der Waals surface area (Å²) in [6, 6.07) is 23.7. The molecule has 83 heavy (non-hydrogen) atoms. The van der Waals surface area contributed by atoms with E-state index in [1.54, 1.807) is 4.52 Å². The Labute approximate surface area is 500 Å². The summed E-state index contributed by atoms with van der Waals surface area (Å²) in [7, 11) is 8.09. The van der Waals surface area contributed by atoms with Crippen LogP contribution in [0, 0.1) is 35.8 Å². The summed E-state index contributed by atoms with van der Waals surface area (Å²) in [4.78, 5) is 53.7. The number of hydrogen-bond acceptors (Lipinski definition) is 11. The second-order valence-corrected chi connectivity index (χ2v) is 25.7. The molecular weight excluding hydrogens is 1100 g/mol. The van der Waals surface area contributed by atoms with Crippen LogP contribution in [0.15, 0.2) is 89.7 Å². The topological polar surface area (TPSA) is 144 Å². The fourth-order valence-corrected chi connectivity index (χ4v) is 14.9. The van der Waals surface area contributed by atoms with E-state index in [4.69, 9.17) is 18.1 Å². The van der Waals surface area contributed by atoms with Gasteiger partial charge in [-0.15, -0.1) is 10.2 Å². The van der Waals surface area contributed by atoms with E-state index in [9.17, 15) is 9.59 Å². The fraction of sp³-hybridized carbons (Fsp3) is 0.569. The molecule has 0 atom stereocenters. The summed E-state index contributed by atoms with van der Waals surface area (Å²) in [6.45, 7) is 22.3. The standard InChI is InChI=1S/C32H42N8O.C20H23BrN6O.C13H21N/c1-33-23-32(25-7-4-5-8-25)16-21-39(22-17-32)28-9-6-18-40-29(28)35-31(36-40)34-26-12-10-24(11-13-26)30(41)38(3)27-14-19-37(2)20-15-27;1-25-12-9-16(10-13-25)26(2)19(28)14-5-7-15(8-6-14)22-20-23-18-17(21)4-3-11-27(18)24-20;1-14-11-13(9-5-2-6-10-13)12-7-3-4-8-12/h6,9-13,18,25,27H,4-5,7-8,14-17,19-23H2,2-3H3,(H,34,36);3-8,11,16H,9-10,12-13H2,1-2H3,(H,22,24);12H,2-11H2.